The van der Waals surface area contributed by atoms with E-state index in [1.807, 2.05) is 60.7 Å². The summed E-state index contributed by atoms with van der Waals surface area (Å²) in [6, 6.07) is 20.2. The first-order valence-electron chi connectivity index (χ1n) is 7.65. The number of carbonyl (C=O) groups is 1. The molecule has 0 fully saturated rings. The Hall–Kier alpha value is -3.26. The van der Waals surface area contributed by atoms with Crippen molar-refractivity contribution in [3.05, 3.63) is 66.7 Å². The van der Waals surface area contributed by atoms with Crippen molar-refractivity contribution in [1.29, 1.82) is 0 Å². The van der Waals surface area contributed by atoms with Gasteiger partial charge in [0, 0.05) is 11.1 Å². The summed E-state index contributed by atoms with van der Waals surface area (Å²) in [6.07, 6.45) is 0. The second-order valence-electron chi connectivity index (χ2n) is 5.45. The van der Waals surface area contributed by atoms with Crippen molar-refractivity contribution in [1.82, 2.24) is 9.97 Å². The summed E-state index contributed by atoms with van der Waals surface area (Å²) in [4.78, 5) is 19.2. The minimum absolute atomic E-state index is 0.175. The fourth-order valence-electron chi connectivity index (χ4n) is 2.34. The number of nitrogens with zero attached hydrogens (tertiary/aromatic N) is 2. The predicted molar refractivity (Wildman–Crippen MR) is 97.9 cm³/mol. The number of carboxylic acid groups (broad SMARTS) is 1. The lowest BCUT2D eigenvalue weighted by atomic mass is 10.1. The van der Waals surface area contributed by atoms with Crippen molar-refractivity contribution in [3.63, 3.8) is 0 Å². The zero-order chi connectivity index (χ0) is 18.6. The summed E-state index contributed by atoms with van der Waals surface area (Å²) < 4.78 is 26.0. The van der Waals surface area contributed by atoms with E-state index in [2.05, 4.69) is 14.7 Å². The Morgan fingerprint density at radius 1 is 0.885 bits per heavy atom. The van der Waals surface area contributed by atoms with E-state index in [1.54, 1.807) is 6.07 Å². The maximum Gasteiger partial charge on any atom is 0.320 e. The lowest BCUT2D eigenvalue weighted by Gasteiger charge is -2.10. The van der Waals surface area contributed by atoms with Crippen LogP contribution in [0, 0.1) is 0 Å². The van der Waals surface area contributed by atoms with Gasteiger partial charge in [0.25, 0.3) is 0 Å². The molecule has 2 aromatic carbocycles. The predicted octanol–water partition coefficient (Wildman–Crippen LogP) is 2.64. The van der Waals surface area contributed by atoms with Gasteiger partial charge in [-0.1, -0.05) is 60.7 Å². The smallest absolute Gasteiger partial charge is 0.320 e. The number of anilines is 1. The third kappa shape index (κ3) is 4.42. The number of hydrogen-bond donors (Lipinski definition) is 2. The molecule has 0 aliphatic carbocycles. The zero-order valence-corrected chi connectivity index (χ0v) is 14.3. The first kappa shape index (κ1) is 17.6. The summed E-state index contributed by atoms with van der Waals surface area (Å²) in [5.74, 6) is -2.70. The highest BCUT2D eigenvalue weighted by molar-refractivity contribution is 7.93. The summed E-state index contributed by atoms with van der Waals surface area (Å²) in [5, 5.41) is 8.73. The van der Waals surface area contributed by atoms with Crippen molar-refractivity contribution < 1.29 is 18.3 Å². The number of benzene rings is 2. The van der Waals surface area contributed by atoms with E-state index in [0.29, 0.717) is 11.4 Å². The molecule has 0 amide bonds. The molecule has 3 aromatic rings. The van der Waals surface area contributed by atoms with Crippen molar-refractivity contribution in [2.45, 2.75) is 0 Å². The average molecular weight is 369 g/mol. The van der Waals surface area contributed by atoms with Crippen molar-refractivity contribution in [2.75, 3.05) is 10.5 Å². The first-order chi connectivity index (χ1) is 12.4. The molecule has 0 saturated carbocycles. The van der Waals surface area contributed by atoms with Gasteiger partial charge in [-0.05, 0) is 6.07 Å². The van der Waals surface area contributed by atoms with E-state index in [0.717, 1.165) is 11.1 Å². The van der Waals surface area contributed by atoms with E-state index in [9.17, 15) is 13.2 Å². The second-order valence-corrected chi connectivity index (χ2v) is 7.17. The van der Waals surface area contributed by atoms with Gasteiger partial charge in [0.2, 0.25) is 16.0 Å². The van der Waals surface area contributed by atoms with E-state index < -0.39 is 21.7 Å². The largest absolute Gasteiger partial charge is 0.480 e. The molecular weight excluding hydrogens is 354 g/mol. The molecule has 0 radical (unpaired) electrons. The average Bonchev–Trinajstić information content (AvgIpc) is 2.61. The van der Waals surface area contributed by atoms with Gasteiger partial charge >= 0.3 is 5.97 Å². The second kappa shape index (κ2) is 7.32. The Kier molecular flexibility index (Phi) is 4.94. The number of aromatic nitrogens is 2. The van der Waals surface area contributed by atoms with E-state index >= 15 is 0 Å². The summed E-state index contributed by atoms with van der Waals surface area (Å²) in [6.45, 7) is 0. The van der Waals surface area contributed by atoms with Crippen molar-refractivity contribution in [2.24, 2.45) is 0 Å². The Morgan fingerprint density at radius 2 is 1.35 bits per heavy atom. The molecule has 0 aliphatic rings. The molecule has 0 spiro atoms. The Balaban J connectivity index is 2.08. The van der Waals surface area contributed by atoms with E-state index in [4.69, 9.17) is 5.11 Å². The Labute approximate surface area is 150 Å². The van der Waals surface area contributed by atoms with Crippen LogP contribution in [0.25, 0.3) is 22.5 Å². The number of rotatable bonds is 6. The van der Waals surface area contributed by atoms with Crippen LogP contribution >= 0.6 is 0 Å². The molecule has 0 bridgehead atoms. The topological polar surface area (TPSA) is 109 Å². The fourth-order valence-corrected chi connectivity index (χ4v) is 3.11. The molecule has 0 aliphatic heterocycles. The monoisotopic (exact) mass is 369 g/mol. The number of sulfonamides is 1. The highest BCUT2D eigenvalue weighted by atomic mass is 32.2. The molecule has 7 nitrogen and oxygen atoms in total. The molecule has 3 rings (SSSR count). The van der Waals surface area contributed by atoms with Gasteiger partial charge in [0.05, 0.1) is 11.4 Å². The van der Waals surface area contributed by atoms with Crippen LogP contribution in [0.3, 0.4) is 0 Å². The van der Waals surface area contributed by atoms with Gasteiger partial charge < -0.3 is 5.11 Å². The maximum absolute atomic E-state index is 11.9. The van der Waals surface area contributed by atoms with Crippen LogP contribution < -0.4 is 4.72 Å². The molecular formula is C18H15N3O4S. The number of nitrogens with one attached hydrogen (secondary N) is 1. The molecule has 2 N–H and O–H groups in total. The van der Waals surface area contributed by atoms with Gasteiger partial charge in [-0.3, -0.25) is 9.52 Å². The normalized spacial score (nSPS) is 11.1. The van der Waals surface area contributed by atoms with Crippen LogP contribution in [0.15, 0.2) is 66.7 Å². The minimum Gasteiger partial charge on any atom is -0.480 e. The zero-order valence-electron chi connectivity index (χ0n) is 13.5. The molecule has 0 unspecified atom stereocenters. The molecule has 26 heavy (non-hydrogen) atoms. The maximum atomic E-state index is 11.9. The molecule has 1 heterocycles. The lowest BCUT2D eigenvalue weighted by Crippen LogP contribution is -2.23. The van der Waals surface area contributed by atoms with Crippen LogP contribution in [-0.2, 0) is 14.8 Å². The van der Waals surface area contributed by atoms with Crippen molar-refractivity contribution in [3.8, 4) is 22.5 Å². The summed E-state index contributed by atoms with van der Waals surface area (Å²) >= 11 is 0. The molecule has 132 valence electrons. The molecule has 0 saturated heterocycles. The summed E-state index contributed by atoms with van der Waals surface area (Å²) in [7, 11) is -4.11. The number of carboxylic acids is 1. The third-order valence-electron chi connectivity index (χ3n) is 3.43. The highest BCUT2D eigenvalue weighted by Gasteiger charge is 2.18. The number of hydrogen-bond acceptors (Lipinski definition) is 5. The van der Waals surface area contributed by atoms with Gasteiger partial charge in [-0.15, -0.1) is 0 Å². The molecule has 1 aromatic heterocycles. The standard InChI is InChI=1S/C18H15N3O4S/c22-17(23)12-26(24,25)21-18-19-15(13-7-3-1-4-8-13)11-16(20-18)14-9-5-2-6-10-14/h1-11H,12H2,(H,22,23)(H,19,20,21). The van der Waals surface area contributed by atoms with Crippen molar-refractivity contribution >= 4 is 21.9 Å². The lowest BCUT2D eigenvalue weighted by molar-refractivity contribution is -0.134. The fraction of sp³-hybridized carbons (Fsp3) is 0.0556. The third-order valence-corrected chi connectivity index (χ3v) is 4.55. The van der Waals surface area contributed by atoms with Crippen LogP contribution in [0.1, 0.15) is 0 Å². The highest BCUT2D eigenvalue weighted by Crippen LogP contribution is 2.25. The Bertz CT molecular complexity index is 965. The van der Waals surface area contributed by atoms with Gasteiger partial charge in [-0.25, -0.2) is 18.4 Å². The quantitative estimate of drug-likeness (QED) is 0.691. The minimum atomic E-state index is -4.11. The van der Waals surface area contributed by atoms with Crippen LogP contribution in [-0.4, -0.2) is 35.2 Å². The van der Waals surface area contributed by atoms with Crippen LogP contribution in [0.5, 0.6) is 0 Å². The number of aliphatic carboxylic acids is 1. The van der Waals surface area contributed by atoms with E-state index in [-0.39, 0.29) is 5.95 Å². The molecule has 8 heteroatoms. The first-order valence-corrected chi connectivity index (χ1v) is 9.30. The van der Waals surface area contributed by atoms with Gasteiger partial charge in [0.1, 0.15) is 0 Å². The van der Waals surface area contributed by atoms with Crippen LogP contribution in [0.4, 0.5) is 5.95 Å². The molecule has 0 atom stereocenters. The van der Waals surface area contributed by atoms with Crippen LogP contribution in [0.2, 0.25) is 0 Å². The van der Waals surface area contributed by atoms with Gasteiger partial charge in [-0.2, -0.15) is 0 Å². The summed E-state index contributed by atoms with van der Waals surface area (Å²) in [5.41, 5.74) is 2.61. The SMILES string of the molecule is O=C(O)CS(=O)(=O)Nc1nc(-c2ccccc2)cc(-c2ccccc2)n1. The van der Waals surface area contributed by atoms with Gasteiger partial charge in [0.15, 0.2) is 5.75 Å². The van der Waals surface area contributed by atoms with E-state index in [1.165, 1.54) is 0 Å². The Morgan fingerprint density at radius 3 is 1.77 bits per heavy atom.